The van der Waals surface area contributed by atoms with Gasteiger partial charge in [0.15, 0.2) is 0 Å². The summed E-state index contributed by atoms with van der Waals surface area (Å²) in [6.07, 6.45) is 1.13. The predicted molar refractivity (Wildman–Crippen MR) is 71.6 cm³/mol. The molecule has 0 unspecified atom stereocenters. The van der Waals surface area contributed by atoms with Gasteiger partial charge in [0.05, 0.1) is 0 Å². The van der Waals surface area contributed by atoms with Crippen molar-refractivity contribution in [2.75, 3.05) is 5.73 Å². The van der Waals surface area contributed by atoms with E-state index in [1.807, 2.05) is 38.1 Å². The van der Waals surface area contributed by atoms with Crippen LogP contribution in [0.15, 0.2) is 24.3 Å². The van der Waals surface area contributed by atoms with E-state index in [0.717, 1.165) is 5.56 Å². The summed E-state index contributed by atoms with van der Waals surface area (Å²) < 4.78 is 0. The van der Waals surface area contributed by atoms with Crippen LogP contribution in [-0.2, 0) is 10.2 Å². The third-order valence-corrected chi connectivity index (χ3v) is 2.98. The molecule has 0 radical (unpaired) electrons. The zero-order valence-corrected chi connectivity index (χ0v) is 10.7. The number of rotatable bonds is 4. The van der Waals surface area contributed by atoms with Gasteiger partial charge in [0.25, 0.3) is 0 Å². The van der Waals surface area contributed by atoms with Crippen LogP contribution in [0.4, 0.5) is 5.69 Å². The van der Waals surface area contributed by atoms with Crippen LogP contribution in [-0.4, -0.2) is 5.78 Å². The molecule has 0 saturated carbocycles. The minimum absolute atomic E-state index is 0.213. The van der Waals surface area contributed by atoms with Crippen LogP contribution < -0.4 is 5.73 Å². The van der Waals surface area contributed by atoms with Crippen molar-refractivity contribution in [1.82, 2.24) is 0 Å². The second-order valence-electron chi connectivity index (χ2n) is 4.60. The van der Waals surface area contributed by atoms with Crippen molar-refractivity contribution >= 4 is 11.5 Å². The fourth-order valence-corrected chi connectivity index (χ4v) is 1.67. The Morgan fingerprint density at radius 3 is 2.41 bits per heavy atom. The van der Waals surface area contributed by atoms with Crippen molar-refractivity contribution in [3.05, 3.63) is 29.8 Å². The molecule has 1 aromatic rings. The van der Waals surface area contributed by atoms with E-state index in [1.54, 1.807) is 6.92 Å². The van der Waals surface area contributed by atoms with E-state index in [9.17, 15) is 4.79 Å². The predicted octanol–water partition coefficient (Wildman–Crippen LogP) is 2.92. The molecule has 1 rings (SSSR count). The third-order valence-electron chi connectivity index (χ3n) is 2.98. The number of ketones is 1. The van der Waals surface area contributed by atoms with Gasteiger partial charge in [0.1, 0.15) is 5.78 Å². The van der Waals surface area contributed by atoms with Gasteiger partial charge in [-0.3, -0.25) is 4.79 Å². The van der Waals surface area contributed by atoms with E-state index in [0.29, 0.717) is 18.5 Å². The molecule has 0 saturated heterocycles. The zero-order valence-electron chi connectivity index (χ0n) is 10.7. The number of nitrogen functional groups attached to an aromatic ring is 1. The number of carbonyl (C=O) groups excluding carboxylic acids is 1. The highest BCUT2D eigenvalue weighted by Crippen LogP contribution is 2.26. The molecule has 90 valence electrons. The minimum atomic E-state index is -0.469. The molecule has 17 heavy (non-hydrogen) atoms. The summed E-state index contributed by atoms with van der Waals surface area (Å²) in [5.74, 6) is 5.94. The van der Waals surface area contributed by atoms with Crippen LogP contribution in [0.5, 0.6) is 0 Å². The quantitative estimate of drug-likeness (QED) is 0.637. The number of Topliss-reactive ketones (excluding diaryl/α,β-unsaturated/α-hetero) is 1. The minimum Gasteiger partial charge on any atom is -0.399 e. The van der Waals surface area contributed by atoms with Gasteiger partial charge in [0.2, 0.25) is 0 Å². The summed E-state index contributed by atoms with van der Waals surface area (Å²) in [5.41, 5.74) is 6.89. The first-order valence-corrected chi connectivity index (χ1v) is 5.77. The molecule has 0 aliphatic heterocycles. The first-order valence-electron chi connectivity index (χ1n) is 5.77. The molecule has 0 aliphatic rings. The maximum Gasteiger partial charge on any atom is 0.143 e. The maximum atomic E-state index is 12.1. The zero-order chi connectivity index (χ0) is 12.9. The van der Waals surface area contributed by atoms with Crippen LogP contribution in [0.3, 0.4) is 0 Å². The highest BCUT2D eigenvalue weighted by atomic mass is 16.1. The number of carbonyl (C=O) groups is 1. The van der Waals surface area contributed by atoms with Crippen molar-refractivity contribution in [3.63, 3.8) is 0 Å². The molecule has 0 amide bonds. The molecule has 0 aromatic heterocycles. The van der Waals surface area contributed by atoms with E-state index in [-0.39, 0.29) is 5.78 Å². The summed E-state index contributed by atoms with van der Waals surface area (Å²) in [7, 11) is 0. The third kappa shape index (κ3) is 3.35. The first-order chi connectivity index (χ1) is 7.98. The summed E-state index contributed by atoms with van der Waals surface area (Å²) in [4.78, 5) is 12.1. The van der Waals surface area contributed by atoms with Crippen LogP contribution in [0.25, 0.3) is 0 Å². The molecule has 0 aliphatic carbocycles. The smallest absolute Gasteiger partial charge is 0.143 e. The fraction of sp³-hybridized carbons (Fsp3) is 0.400. The van der Waals surface area contributed by atoms with Crippen molar-refractivity contribution in [2.24, 2.45) is 0 Å². The molecule has 0 bridgehead atoms. The lowest BCUT2D eigenvalue weighted by Crippen LogP contribution is -2.28. The van der Waals surface area contributed by atoms with E-state index < -0.39 is 5.41 Å². The van der Waals surface area contributed by atoms with Gasteiger partial charge in [-0.25, -0.2) is 0 Å². The Morgan fingerprint density at radius 2 is 1.88 bits per heavy atom. The lowest BCUT2D eigenvalue weighted by molar-refractivity contribution is -0.123. The second-order valence-corrected chi connectivity index (χ2v) is 4.60. The van der Waals surface area contributed by atoms with Crippen molar-refractivity contribution in [2.45, 2.75) is 39.0 Å². The van der Waals surface area contributed by atoms with Gasteiger partial charge in [-0.2, -0.15) is 0 Å². The number of nitrogens with two attached hydrogens (primary N) is 1. The molecular weight excluding hydrogens is 210 g/mol. The monoisotopic (exact) mass is 229 g/mol. The number of hydrogen-bond acceptors (Lipinski definition) is 2. The average Bonchev–Trinajstić information content (AvgIpc) is 2.29. The maximum absolute atomic E-state index is 12.1. The standard InChI is InChI=1S/C15H19NO/c1-4-5-6-7-14(17)15(2,3)12-8-10-13(16)11-9-12/h8-11H,6-7,16H2,1-3H3. The lowest BCUT2D eigenvalue weighted by atomic mass is 9.79. The van der Waals surface area contributed by atoms with Gasteiger partial charge in [-0.1, -0.05) is 12.1 Å². The average molecular weight is 229 g/mol. The molecule has 0 spiro atoms. The number of hydrogen-bond donors (Lipinski definition) is 1. The van der Waals surface area contributed by atoms with Crippen LogP contribution in [0.1, 0.15) is 39.2 Å². The molecule has 0 fully saturated rings. The van der Waals surface area contributed by atoms with E-state index in [4.69, 9.17) is 5.73 Å². The van der Waals surface area contributed by atoms with E-state index in [1.165, 1.54) is 0 Å². The topological polar surface area (TPSA) is 43.1 Å². The lowest BCUT2D eigenvalue weighted by Gasteiger charge is -2.23. The van der Waals surface area contributed by atoms with Gasteiger partial charge in [-0.05, 0) is 38.5 Å². The van der Waals surface area contributed by atoms with Crippen LogP contribution in [0.2, 0.25) is 0 Å². The SMILES string of the molecule is CC#CCCC(=O)C(C)(C)c1ccc(N)cc1. The Balaban J connectivity index is 2.81. The Kier molecular flexibility index (Phi) is 4.34. The number of benzene rings is 1. The molecular formula is C15H19NO. The normalized spacial score (nSPS) is 10.5. The first kappa shape index (κ1) is 13.3. The van der Waals surface area contributed by atoms with Crippen molar-refractivity contribution in [3.8, 4) is 11.8 Å². The highest BCUT2D eigenvalue weighted by Gasteiger charge is 2.28. The Morgan fingerprint density at radius 1 is 1.29 bits per heavy atom. The fourth-order valence-electron chi connectivity index (χ4n) is 1.67. The number of anilines is 1. The largest absolute Gasteiger partial charge is 0.399 e. The Labute approximate surface area is 103 Å². The summed E-state index contributed by atoms with van der Waals surface area (Å²) in [6, 6.07) is 7.49. The summed E-state index contributed by atoms with van der Waals surface area (Å²) in [5, 5.41) is 0. The highest BCUT2D eigenvalue weighted by molar-refractivity contribution is 5.89. The molecule has 2 N–H and O–H groups in total. The summed E-state index contributed by atoms with van der Waals surface area (Å²) in [6.45, 7) is 5.68. The van der Waals surface area contributed by atoms with E-state index in [2.05, 4.69) is 11.8 Å². The van der Waals surface area contributed by atoms with Gasteiger partial charge < -0.3 is 5.73 Å². The van der Waals surface area contributed by atoms with Gasteiger partial charge >= 0.3 is 0 Å². The molecule has 0 heterocycles. The molecule has 2 heteroatoms. The van der Waals surface area contributed by atoms with Gasteiger partial charge in [0, 0.05) is 23.9 Å². The van der Waals surface area contributed by atoms with Crippen LogP contribution in [0, 0.1) is 11.8 Å². The van der Waals surface area contributed by atoms with Gasteiger partial charge in [-0.15, -0.1) is 11.8 Å². The second kappa shape index (κ2) is 5.54. The van der Waals surface area contributed by atoms with Crippen molar-refractivity contribution < 1.29 is 4.79 Å². The summed E-state index contributed by atoms with van der Waals surface area (Å²) >= 11 is 0. The molecule has 0 atom stereocenters. The van der Waals surface area contributed by atoms with Crippen LogP contribution >= 0.6 is 0 Å². The Bertz CT molecular complexity index is 446. The molecule has 2 nitrogen and oxygen atoms in total. The Hall–Kier alpha value is -1.75. The molecule has 1 aromatic carbocycles. The van der Waals surface area contributed by atoms with E-state index >= 15 is 0 Å². The van der Waals surface area contributed by atoms with Crippen molar-refractivity contribution in [1.29, 1.82) is 0 Å².